The summed E-state index contributed by atoms with van der Waals surface area (Å²) in [6, 6.07) is 0. The Bertz CT molecular complexity index is 379. The number of carbonyl (C=O) groups is 1. The topological polar surface area (TPSA) is 59.0 Å². The molecule has 1 heterocycles. The van der Waals surface area contributed by atoms with Gasteiger partial charge in [0, 0.05) is 24.5 Å². The first kappa shape index (κ1) is 14.7. The molecule has 0 spiro atoms. The lowest BCUT2D eigenvalue weighted by atomic mass is 10.1. The summed E-state index contributed by atoms with van der Waals surface area (Å²) in [6.07, 6.45) is 4.52. The predicted molar refractivity (Wildman–Crippen MR) is 72.1 cm³/mol. The summed E-state index contributed by atoms with van der Waals surface area (Å²) in [5.74, 6) is 0.920. The number of hydrogen-bond acceptors (Lipinski definition) is 3. The van der Waals surface area contributed by atoms with E-state index in [4.69, 9.17) is 0 Å². The van der Waals surface area contributed by atoms with Crippen molar-refractivity contribution in [3.05, 3.63) is 18.2 Å². The predicted octanol–water partition coefficient (Wildman–Crippen LogP) is 1.30. The molecule has 102 valence electrons. The minimum absolute atomic E-state index is 0.0341. The third kappa shape index (κ3) is 5.31. The molecular weight excluding hydrogens is 228 g/mol. The molecule has 0 bridgehead atoms. The fourth-order valence-electron chi connectivity index (χ4n) is 1.47. The van der Waals surface area contributed by atoms with Crippen molar-refractivity contribution in [3.63, 3.8) is 0 Å². The maximum Gasteiger partial charge on any atom is 0.239 e. The van der Waals surface area contributed by atoms with Crippen LogP contribution in [0.3, 0.4) is 0 Å². The molecule has 1 aromatic rings. The molecule has 0 saturated carbocycles. The van der Waals surface area contributed by atoms with Crippen molar-refractivity contribution in [1.29, 1.82) is 0 Å². The van der Waals surface area contributed by atoms with Crippen LogP contribution in [0, 0.1) is 0 Å². The van der Waals surface area contributed by atoms with Gasteiger partial charge in [-0.05, 0) is 27.2 Å². The Morgan fingerprint density at radius 3 is 2.78 bits per heavy atom. The molecule has 5 heteroatoms. The molecular formula is C13H24N4O. The summed E-state index contributed by atoms with van der Waals surface area (Å²) >= 11 is 0. The number of rotatable bonds is 6. The van der Waals surface area contributed by atoms with Gasteiger partial charge in [-0.3, -0.25) is 4.79 Å². The van der Waals surface area contributed by atoms with Crippen LogP contribution >= 0.6 is 0 Å². The number of aromatic nitrogens is 2. The monoisotopic (exact) mass is 252 g/mol. The maximum absolute atomic E-state index is 11.6. The molecule has 1 aromatic heterocycles. The van der Waals surface area contributed by atoms with Gasteiger partial charge in [-0.2, -0.15) is 0 Å². The van der Waals surface area contributed by atoms with Crippen LogP contribution in [-0.4, -0.2) is 27.5 Å². The lowest BCUT2D eigenvalue weighted by molar-refractivity contribution is -0.121. The third-order valence-electron chi connectivity index (χ3n) is 2.46. The minimum atomic E-state index is 0.0341. The standard InChI is InChI=1S/C13H24N4O/c1-5-6-15-12(18)10-17-8-7-14-11(17)9-16-13(2,3)4/h7-8,16H,5-6,9-10H2,1-4H3,(H,15,18). The van der Waals surface area contributed by atoms with Crippen LogP contribution in [-0.2, 0) is 17.9 Å². The smallest absolute Gasteiger partial charge is 0.239 e. The Labute approximate surface area is 109 Å². The first-order valence-corrected chi connectivity index (χ1v) is 6.44. The van der Waals surface area contributed by atoms with Crippen molar-refractivity contribution in [2.45, 2.75) is 52.7 Å². The van der Waals surface area contributed by atoms with Gasteiger partial charge in [0.1, 0.15) is 12.4 Å². The van der Waals surface area contributed by atoms with Gasteiger partial charge in [0.15, 0.2) is 0 Å². The molecule has 0 aromatic carbocycles. The molecule has 1 amide bonds. The lowest BCUT2D eigenvalue weighted by Gasteiger charge is -2.20. The van der Waals surface area contributed by atoms with E-state index in [0.717, 1.165) is 18.8 Å². The minimum Gasteiger partial charge on any atom is -0.355 e. The van der Waals surface area contributed by atoms with Crippen molar-refractivity contribution in [2.24, 2.45) is 0 Å². The summed E-state index contributed by atoms with van der Waals surface area (Å²) in [7, 11) is 0. The molecule has 0 aliphatic carbocycles. The summed E-state index contributed by atoms with van der Waals surface area (Å²) in [6.45, 7) is 10.1. The summed E-state index contributed by atoms with van der Waals surface area (Å²) in [4.78, 5) is 15.9. The Morgan fingerprint density at radius 2 is 2.17 bits per heavy atom. The number of nitrogens with one attached hydrogen (secondary N) is 2. The van der Waals surface area contributed by atoms with E-state index in [-0.39, 0.29) is 11.4 Å². The van der Waals surface area contributed by atoms with Gasteiger partial charge in [-0.25, -0.2) is 4.98 Å². The number of nitrogens with zero attached hydrogens (tertiary/aromatic N) is 2. The zero-order chi connectivity index (χ0) is 13.6. The third-order valence-corrected chi connectivity index (χ3v) is 2.46. The second-order valence-corrected chi connectivity index (χ2v) is 5.42. The SMILES string of the molecule is CCCNC(=O)Cn1ccnc1CNC(C)(C)C. The van der Waals surface area contributed by atoms with Crippen LogP contribution in [0.25, 0.3) is 0 Å². The van der Waals surface area contributed by atoms with Crippen molar-refractivity contribution in [2.75, 3.05) is 6.54 Å². The lowest BCUT2D eigenvalue weighted by Crippen LogP contribution is -2.36. The van der Waals surface area contributed by atoms with E-state index in [2.05, 4.69) is 36.4 Å². The molecule has 0 aliphatic heterocycles. The fraction of sp³-hybridized carbons (Fsp3) is 0.692. The van der Waals surface area contributed by atoms with Gasteiger partial charge in [0.25, 0.3) is 0 Å². The highest BCUT2D eigenvalue weighted by atomic mass is 16.1. The Morgan fingerprint density at radius 1 is 1.44 bits per heavy atom. The first-order chi connectivity index (χ1) is 8.42. The Kier molecular flexibility index (Phi) is 5.34. The van der Waals surface area contributed by atoms with E-state index >= 15 is 0 Å². The van der Waals surface area contributed by atoms with Crippen LogP contribution in [0.1, 0.15) is 39.9 Å². The van der Waals surface area contributed by atoms with E-state index in [9.17, 15) is 4.79 Å². The molecule has 5 nitrogen and oxygen atoms in total. The van der Waals surface area contributed by atoms with E-state index in [1.807, 2.05) is 17.7 Å². The van der Waals surface area contributed by atoms with Gasteiger partial charge in [-0.15, -0.1) is 0 Å². The quantitative estimate of drug-likeness (QED) is 0.802. The van der Waals surface area contributed by atoms with E-state index in [1.165, 1.54) is 0 Å². The van der Waals surface area contributed by atoms with Crippen molar-refractivity contribution < 1.29 is 4.79 Å². The molecule has 0 fully saturated rings. The van der Waals surface area contributed by atoms with Crippen molar-refractivity contribution in [3.8, 4) is 0 Å². The van der Waals surface area contributed by atoms with Crippen molar-refractivity contribution in [1.82, 2.24) is 20.2 Å². The van der Waals surface area contributed by atoms with Gasteiger partial charge in [0.2, 0.25) is 5.91 Å². The highest BCUT2D eigenvalue weighted by molar-refractivity contribution is 5.75. The highest BCUT2D eigenvalue weighted by Crippen LogP contribution is 2.03. The molecule has 0 unspecified atom stereocenters. The van der Waals surface area contributed by atoms with Crippen LogP contribution in [0.5, 0.6) is 0 Å². The average Bonchev–Trinajstić information content (AvgIpc) is 2.70. The molecule has 2 N–H and O–H groups in total. The Hall–Kier alpha value is -1.36. The number of amides is 1. The highest BCUT2D eigenvalue weighted by Gasteiger charge is 2.12. The molecule has 0 radical (unpaired) electrons. The molecule has 0 aliphatic rings. The van der Waals surface area contributed by atoms with Crippen LogP contribution in [0.15, 0.2) is 12.4 Å². The second kappa shape index (κ2) is 6.54. The van der Waals surface area contributed by atoms with Gasteiger partial charge in [-0.1, -0.05) is 6.92 Å². The normalized spacial score (nSPS) is 11.6. The van der Waals surface area contributed by atoms with Gasteiger partial charge >= 0.3 is 0 Å². The summed E-state index contributed by atoms with van der Waals surface area (Å²) in [5, 5.41) is 6.23. The number of hydrogen-bond donors (Lipinski definition) is 2. The van der Waals surface area contributed by atoms with E-state index < -0.39 is 0 Å². The van der Waals surface area contributed by atoms with E-state index in [0.29, 0.717) is 13.1 Å². The molecule has 0 atom stereocenters. The molecule has 1 rings (SSSR count). The first-order valence-electron chi connectivity index (χ1n) is 6.44. The van der Waals surface area contributed by atoms with Crippen LogP contribution < -0.4 is 10.6 Å². The fourth-order valence-corrected chi connectivity index (χ4v) is 1.47. The van der Waals surface area contributed by atoms with E-state index in [1.54, 1.807) is 6.20 Å². The number of carbonyl (C=O) groups excluding carboxylic acids is 1. The summed E-state index contributed by atoms with van der Waals surface area (Å²) in [5.41, 5.74) is 0.0429. The number of imidazole rings is 1. The largest absolute Gasteiger partial charge is 0.355 e. The van der Waals surface area contributed by atoms with Gasteiger partial charge < -0.3 is 15.2 Å². The van der Waals surface area contributed by atoms with Crippen LogP contribution in [0.2, 0.25) is 0 Å². The maximum atomic E-state index is 11.6. The van der Waals surface area contributed by atoms with Gasteiger partial charge in [0.05, 0.1) is 6.54 Å². The van der Waals surface area contributed by atoms with Crippen LogP contribution in [0.4, 0.5) is 0 Å². The molecule has 0 saturated heterocycles. The Balaban J connectivity index is 2.52. The van der Waals surface area contributed by atoms with Crippen molar-refractivity contribution >= 4 is 5.91 Å². The second-order valence-electron chi connectivity index (χ2n) is 5.42. The zero-order valence-electron chi connectivity index (χ0n) is 11.8. The molecule has 18 heavy (non-hydrogen) atoms. The zero-order valence-corrected chi connectivity index (χ0v) is 11.8. The summed E-state index contributed by atoms with van der Waals surface area (Å²) < 4.78 is 1.88. The average molecular weight is 252 g/mol.